The van der Waals surface area contributed by atoms with Crippen LogP contribution in [0, 0.1) is 6.92 Å². The van der Waals surface area contributed by atoms with Crippen LogP contribution in [0.2, 0.25) is 0 Å². The van der Waals surface area contributed by atoms with Crippen LogP contribution in [-0.2, 0) is 6.54 Å². The first-order chi connectivity index (χ1) is 8.76. The lowest BCUT2D eigenvalue weighted by Gasteiger charge is -2.25. The predicted octanol–water partition coefficient (Wildman–Crippen LogP) is 3.61. The summed E-state index contributed by atoms with van der Waals surface area (Å²) in [5.74, 6) is 0. The molecule has 0 saturated carbocycles. The van der Waals surface area contributed by atoms with E-state index in [-0.39, 0.29) is 0 Å². The van der Waals surface area contributed by atoms with Crippen molar-refractivity contribution < 1.29 is 0 Å². The number of rotatable bonds is 4. The third kappa shape index (κ3) is 2.54. The topological polar surface area (TPSA) is 29.3 Å². The number of para-hydroxylation sites is 1. The highest BCUT2D eigenvalue weighted by molar-refractivity contribution is 5.66. The molecule has 0 saturated heterocycles. The summed E-state index contributed by atoms with van der Waals surface area (Å²) in [7, 11) is 0. The van der Waals surface area contributed by atoms with Crippen molar-refractivity contribution in [2.24, 2.45) is 5.73 Å². The maximum absolute atomic E-state index is 5.67. The van der Waals surface area contributed by atoms with Gasteiger partial charge in [0.1, 0.15) is 0 Å². The second-order valence-electron chi connectivity index (χ2n) is 4.40. The van der Waals surface area contributed by atoms with Gasteiger partial charge in [0.2, 0.25) is 0 Å². The Kier molecular flexibility index (Phi) is 4.00. The summed E-state index contributed by atoms with van der Waals surface area (Å²) in [4.78, 5) is 2.32. The standard InChI is InChI=1S/C16H20N2/c1-3-18(15-7-5-4-6-8-15)16-10-9-14(12-17)11-13(16)2/h4-11H,3,12,17H2,1-2H3. The molecule has 2 nitrogen and oxygen atoms in total. The Morgan fingerprint density at radius 3 is 2.33 bits per heavy atom. The first-order valence-electron chi connectivity index (χ1n) is 6.38. The third-order valence-corrected chi connectivity index (χ3v) is 3.17. The van der Waals surface area contributed by atoms with Gasteiger partial charge in [0, 0.05) is 24.5 Å². The zero-order valence-corrected chi connectivity index (χ0v) is 11.1. The molecule has 0 radical (unpaired) electrons. The number of aryl methyl sites for hydroxylation is 1. The normalized spacial score (nSPS) is 10.4. The molecular weight excluding hydrogens is 220 g/mol. The number of benzene rings is 2. The fourth-order valence-corrected chi connectivity index (χ4v) is 2.25. The maximum Gasteiger partial charge on any atom is 0.0440 e. The van der Waals surface area contributed by atoms with Gasteiger partial charge >= 0.3 is 0 Å². The van der Waals surface area contributed by atoms with Crippen LogP contribution in [0.5, 0.6) is 0 Å². The molecule has 2 N–H and O–H groups in total. The van der Waals surface area contributed by atoms with Gasteiger partial charge in [0.15, 0.2) is 0 Å². The summed E-state index contributed by atoms with van der Waals surface area (Å²) in [6.07, 6.45) is 0. The summed E-state index contributed by atoms with van der Waals surface area (Å²) in [6.45, 7) is 5.86. The summed E-state index contributed by atoms with van der Waals surface area (Å²) in [5, 5.41) is 0. The van der Waals surface area contributed by atoms with E-state index < -0.39 is 0 Å². The van der Waals surface area contributed by atoms with E-state index in [0.717, 1.165) is 6.54 Å². The molecule has 0 aromatic heterocycles. The minimum absolute atomic E-state index is 0.596. The predicted molar refractivity (Wildman–Crippen MR) is 78.2 cm³/mol. The van der Waals surface area contributed by atoms with Gasteiger partial charge in [-0.3, -0.25) is 0 Å². The van der Waals surface area contributed by atoms with Crippen molar-refractivity contribution in [3.8, 4) is 0 Å². The Hall–Kier alpha value is -1.80. The smallest absolute Gasteiger partial charge is 0.0440 e. The van der Waals surface area contributed by atoms with Crippen molar-refractivity contribution in [1.82, 2.24) is 0 Å². The van der Waals surface area contributed by atoms with E-state index in [4.69, 9.17) is 5.73 Å². The number of anilines is 2. The minimum Gasteiger partial charge on any atom is -0.342 e. The molecular formula is C16H20N2. The van der Waals surface area contributed by atoms with Crippen molar-refractivity contribution >= 4 is 11.4 Å². The van der Waals surface area contributed by atoms with Crippen LogP contribution in [0.15, 0.2) is 48.5 Å². The average molecular weight is 240 g/mol. The lowest BCUT2D eigenvalue weighted by Crippen LogP contribution is -2.17. The van der Waals surface area contributed by atoms with Crippen LogP contribution >= 0.6 is 0 Å². The van der Waals surface area contributed by atoms with Crippen molar-refractivity contribution in [3.05, 3.63) is 59.7 Å². The Morgan fingerprint density at radius 2 is 1.78 bits per heavy atom. The van der Waals surface area contributed by atoms with E-state index in [1.165, 1.54) is 22.5 Å². The monoisotopic (exact) mass is 240 g/mol. The SMILES string of the molecule is CCN(c1ccccc1)c1ccc(CN)cc1C. The molecule has 0 amide bonds. The number of hydrogen-bond donors (Lipinski definition) is 1. The molecule has 18 heavy (non-hydrogen) atoms. The summed E-state index contributed by atoms with van der Waals surface area (Å²) < 4.78 is 0. The zero-order valence-electron chi connectivity index (χ0n) is 11.1. The van der Waals surface area contributed by atoms with E-state index in [1.807, 2.05) is 6.07 Å². The Balaban J connectivity index is 2.39. The minimum atomic E-state index is 0.596. The molecule has 0 spiro atoms. The average Bonchev–Trinajstić information content (AvgIpc) is 2.42. The molecule has 0 atom stereocenters. The fraction of sp³-hybridized carbons (Fsp3) is 0.250. The van der Waals surface area contributed by atoms with Crippen molar-refractivity contribution in [2.75, 3.05) is 11.4 Å². The first kappa shape index (κ1) is 12.7. The number of nitrogens with two attached hydrogens (primary N) is 1. The van der Waals surface area contributed by atoms with E-state index in [1.54, 1.807) is 0 Å². The molecule has 0 aliphatic rings. The van der Waals surface area contributed by atoms with Gasteiger partial charge in [0.25, 0.3) is 0 Å². The van der Waals surface area contributed by atoms with Gasteiger partial charge in [0.05, 0.1) is 0 Å². The largest absolute Gasteiger partial charge is 0.342 e. The summed E-state index contributed by atoms with van der Waals surface area (Å²) in [6, 6.07) is 16.9. The van der Waals surface area contributed by atoms with Gasteiger partial charge in [-0.15, -0.1) is 0 Å². The second kappa shape index (κ2) is 5.69. The molecule has 2 heteroatoms. The molecule has 0 unspecified atom stereocenters. The molecule has 0 aliphatic heterocycles. The molecule has 0 heterocycles. The Labute approximate surface area is 109 Å². The maximum atomic E-state index is 5.67. The quantitative estimate of drug-likeness (QED) is 0.884. The Bertz CT molecular complexity index is 506. The number of hydrogen-bond acceptors (Lipinski definition) is 2. The summed E-state index contributed by atoms with van der Waals surface area (Å²) >= 11 is 0. The highest BCUT2D eigenvalue weighted by Crippen LogP contribution is 2.28. The van der Waals surface area contributed by atoms with Crippen LogP contribution in [0.3, 0.4) is 0 Å². The molecule has 0 aliphatic carbocycles. The van der Waals surface area contributed by atoms with E-state index in [9.17, 15) is 0 Å². The van der Waals surface area contributed by atoms with Crippen LogP contribution < -0.4 is 10.6 Å². The highest BCUT2D eigenvalue weighted by Gasteiger charge is 2.09. The van der Waals surface area contributed by atoms with Crippen LogP contribution in [-0.4, -0.2) is 6.54 Å². The van der Waals surface area contributed by atoms with E-state index >= 15 is 0 Å². The van der Waals surface area contributed by atoms with Crippen LogP contribution in [0.4, 0.5) is 11.4 Å². The van der Waals surface area contributed by atoms with Gasteiger partial charge in [-0.1, -0.05) is 30.3 Å². The zero-order chi connectivity index (χ0) is 13.0. The van der Waals surface area contributed by atoms with Gasteiger partial charge in [-0.05, 0) is 43.2 Å². The third-order valence-electron chi connectivity index (χ3n) is 3.17. The Morgan fingerprint density at radius 1 is 1.06 bits per heavy atom. The lowest BCUT2D eigenvalue weighted by atomic mass is 10.1. The molecule has 2 rings (SSSR count). The highest BCUT2D eigenvalue weighted by atomic mass is 15.1. The van der Waals surface area contributed by atoms with Crippen molar-refractivity contribution in [1.29, 1.82) is 0 Å². The molecule has 0 bridgehead atoms. The van der Waals surface area contributed by atoms with Crippen molar-refractivity contribution in [2.45, 2.75) is 20.4 Å². The molecule has 94 valence electrons. The van der Waals surface area contributed by atoms with Crippen molar-refractivity contribution in [3.63, 3.8) is 0 Å². The van der Waals surface area contributed by atoms with E-state index in [2.05, 4.69) is 61.2 Å². The van der Waals surface area contributed by atoms with Gasteiger partial charge in [-0.2, -0.15) is 0 Å². The molecule has 2 aromatic rings. The first-order valence-corrected chi connectivity index (χ1v) is 6.38. The molecule has 0 fully saturated rings. The van der Waals surface area contributed by atoms with Gasteiger partial charge < -0.3 is 10.6 Å². The fourth-order valence-electron chi connectivity index (χ4n) is 2.25. The van der Waals surface area contributed by atoms with E-state index in [0.29, 0.717) is 6.54 Å². The molecule has 2 aromatic carbocycles. The van der Waals surface area contributed by atoms with Crippen LogP contribution in [0.1, 0.15) is 18.1 Å². The van der Waals surface area contributed by atoms with Gasteiger partial charge in [-0.25, -0.2) is 0 Å². The number of nitrogens with zero attached hydrogens (tertiary/aromatic N) is 1. The van der Waals surface area contributed by atoms with Crippen LogP contribution in [0.25, 0.3) is 0 Å². The summed E-state index contributed by atoms with van der Waals surface area (Å²) in [5.41, 5.74) is 10.6. The second-order valence-corrected chi connectivity index (χ2v) is 4.40. The lowest BCUT2D eigenvalue weighted by molar-refractivity contribution is 1.01.